The number of anilines is 1. The Morgan fingerprint density at radius 2 is 1.59 bits per heavy atom. The predicted octanol–water partition coefficient (Wildman–Crippen LogP) is 3.33. The van der Waals surface area contributed by atoms with Gasteiger partial charge in [0.25, 0.3) is 0 Å². The molecular weight excluding hydrogens is 406 g/mol. The molecule has 2 aromatic carbocycles. The van der Waals surface area contributed by atoms with Crippen LogP contribution in [0.5, 0.6) is 0 Å². The number of carbonyl (C=O) groups is 3. The van der Waals surface area contributed by atoms with Gasteiger partial charge in [0.05, 0.1) is 18.1 Å². The van der Waals surface area contributed by atoms with Gasteiger partial charge in [0.1, 0.15) is 0 Å². The maximum atomic E-state index is 12.6. The molecule has 2 amide bonds. The van der Waals surface area contributed by atoms with Crippen LogP contribution in [0.1, 0.15) is 76.8 Å². The third-order valence-electron chi connectivity index (χ3n) is 6.09. The first-order valence-electron chi connectivity index (χ1n) is 11.1. The van der Waals surface area contributed by atoms with Crippen LogP contribution in [0.15, 0.2) is 42.5 Å². The molecule has 4 N–H and O–H groups in total. The smallest absolute Gasteiger partial charge is 0.338 e. The molecule has 0 bridgehead atoms. The number of benzene rings is 2. The number of hydrogen-bond acceptors (Lipinski definition) is 5. The fraction of sp³-hybridized carbons (Fsp3) is 0.400. The number of nitrogens with zero attached hydrogens (tertiary/aromatic N) is 1. The molecule has 0 aliphatic carbocycles. The minimum atomic E-state index is -0.641. The predicted molar refractivity (Wildman–Crippen MR) is 124 cm³/mol. The van der Waals surface area contributed by atoms with E-state index in [4.69, 9.17) is 16.2 Å². The minimum Gasteiger partial charge on any atom is -0.462 e. The van der Waals surface area contributed by atoms with Crippen molar-refractivity contribution < 1.29 is 19.1 Å². The first kappa shape index (κ1) is 23.3. The summed E-state index contributed by atoms with van der Waals surface area (Å²) in [5.74, 6) is -2.35. The van der Waals surface area contributed by atoms with Gasteiger partial charge >= 0.3 is 5.97 Å². The zero-order valence-corrected chi connectivity index (χ0v) is 18.7. The quantitative estimate of drug-likeness (QED) is 0.615. The Balaban J connectivity index is 2.00. The molecule has 1 aliphatic heterocycles. The molecule has 1 saturated heterocycles. The molecule has 0 aromatic heterocycles. The Bertz CT molecular complexity index is 981. The summed E-state index contributed by atoms with van der Waals surface area (Å²) >= 11 is 0. The van der Waals surface area contributed by atoms with E-state index >= 15 is 0 Å². The van der Waals surface area contributed by atoms with Crippen molar-refractivity contribution >= 4 is 23.5 Å². The molecule has 0 radical (unpaired) electrons. The summed E-state index contributed by atoms with van der Waals surface area (Å²) in [7, 11) is 0. The SMILES string of the molecule is CCOC(=O)c1ccc(C(C(N)=O)C(C)c2cc(C(N)=O)ccc2N2CCCCC2)cc1. The lowest BCUT2D eigenvalue weighted by Crippen LogP contribution is -2.32. The van der Waals surface area contributed by atoms with Crippen LogP contribution in [0.3, 0.4) is 0 Å². The maximum Gasteiger partial charge on any atom is 0.338 e. The fourth-order valence-corrected chi connectivity index (χ4v) is 4.42. The van der Waals surface area contributed by atoms with Crippen molar-refractivity contribution in [3.63, 3.8) is 0 Å². The second kappa shape index (κ2) is 10.3. The number of esters is 1. The van der Waals surface area contributed by atoms with Gasteiger partial charge in [-0.3, -0.25) is 9.59 Å². The average Bonchev–Trinajstić information content (AvgIpc) is 2.79. The summed E-state index contributed by atoms with van der Waals surface area (Å²) in [4.78, 5) is 38.7. The summed E-state index contributed by atoms with van der Waals surface area (Å²) in [5, 5.41) is 0. The molecular formula is C25H31N3O4. The first-order valence-corrected chi connectivity index (χ1v) is 11.1. The topological polar surface area (TPSA) is 116 Å². The van der Waals surface area contributed by atoms with Crippen molar-refractivity contribution in [2.24, 2.45) is 11.5 Å². The molecule has 0 spiro atoms. The van der Waals surface area contributed by atoms with E-state index in [1.165, 1.54) is 6.42 Å². The summed E-state index contributed by atoms with van der Waals surface area (Å²) < 4.78 is 5.03. The molecule has 170 valence electrons. The lowest BCUT2D eigenvalue weighted by molar-refractivity contribution is -0.119. The zero-order valence-electron chi connectivity index (χ0n) is 18.7. The molecule has 1 heterocycles. The number of amides is 2. The van der Waals surface area contributed by atoms with Gasteiger partial charge in [0, 0.05) is 24.3 Å². The molecule has 7 heteroatoms. The van der Waals surface area contributed by atoms with E-state index in [0.717, 1.165) is 37.2 Å². The molecule has 7 nitrogen and oxygen atoms in total. The fourth-order valence-electron chi connectivity index (χ4n) is 4.42. The highest BCUT2D eigenvalue weighted by Crippen LogP contribution is 2.39. The van der Waals surface area contributed by atoms with Crippen LogP contribution in [0.4, 0.5) is 5.69 Å². The van der Waals surface area contributed by atoms with E-state index < -0.39 is 23.7 Å². The average molecular weight is 438 g/mol. The number of nitrogens with two attached hydrogens (primary N) is 2. The Morgan fingerprint density at radius 1 is 0.969 bits per heavy atom. The Labute approximate surface area is 188 Å². The van der Waals surface area contributed by atoms with Gasteiger partial charge in [-0.05, 0) is 73.6 Å². The van der Waals surface area contributed by atoms with Crippen LogP contribution < -0.4 is 16.4 Å². The van der Waals surface area contributed by atoms with Gasteiger partial charge in [-0.15, -0.1) is 0 Å². The van der Waals surface area contributed by atoms with Crippen molar-refractivity contribution in [2.45, 2.75) is 44.9 Å². The van der Waals surface area contributed by atoms with Crippen molar-refractivity contribution in [1.29, 1.82) is 0 Å². The van der Waals surface area contributed by atoms with Gasteiger partial charge in [-0.2, -0.15) is 0 Å². The highest BCUT2D eigenvalue weighted by atomic mass is 16.5. The normalized spacial score (nSPS) is 15.6. The lowest BCUT2D eigenvalue weighted by Gasteiger charge is -2.33. The second-order valence-corrected chi connectivity index (χ2v) is 8.20. The lowest BCUT2D eigenvalue weighted by atomic mass is 9.80. The van der Waals surface area contributed by atoms with Crippen molar-refractivity contribution in [3.8, 4) is 0 Å². The van der Waals surface area contributed by atoms with Crippen LogP contribution in [-0.4, -0.2) is 37.5 Å². The van der Waals surface area contributed by atoms with E-state index in [0.29, 0.717) is 16.7 Å². The number of ether oxygens (including phenoxy) is 1. The van der Waals surface area contributed by atoms with Crippen LogP contribution in [0, 0.1) is 0 Å². The highest BCUT2D eigenvalue weighted by Gasteiger charge is 2.30. The first-order chi connectivity index (χ1) is 15.3. The molecule has 2 aromatic rings. The summed E-state index contributed by atoms with van der Waals surface area (Å²) in [6, 6.07) is 12.2. The van der Waals surface area contributed by atoms with Gasteiger partial charge < -0.3 is 21.1 Å². The molecule has 2 unspecified atom stereocenters. The van der Waals surface area contributed by atoms with E-state index in [1.807, 2.05) is 13.0 Å². The minimum absolute atomic E-state index is 0.289. The van der Waals surface area contributed by atoms with E-state index in [2.05, 4.69) is 4.90 Å². The number of hydrogen-bond donors (Lipinski definition) is 2. The van der Waals surface area contributed by atoms with Crippen molar-refractivity contribution in [3.05, 3.63) is 64.7 Å². The van der Waals surface area contributed by atoms with E-state index in [1.54, 1.807) is 43.3 Å². The van der Waals surface area contributed by atoms with Crippen LogP contribution in [-0.2, 0) is 9.53 Å². The third-order valence-corrected chi connectivity index (χ3v) is 6.09. The Kier molecular flexibility index (Phi) is 7.51. The van der Waals surface area contributed by atoms with Crippen LogP contribution >= 0.6 is 0 Å². The van der Waals surface area contributed by atoms with Gasteiger partial charge in [-0.25, -0.2) is 4.79 Å². The largest absolute Gasteiger partial charge is 0.462 e. The molecule has 1 aliphatic rings. The van der Waals surface area contributed by atoms with Gasteiger partial charge in [0.15, 0.2) is 0 Å². The molecule has 0 saturated carbocycles. The maximum absolute atomic E-state index is 12.6. The molecule has 3 rings (SSSR count). The molecule has 2 atom stereocenters. The Morgan fingerprint density at radius 3 is 2.16 bits per heavy atom. The van der Waals surface area contributed by atoms with Gasteiger partial charge in [0.2, 0.25) is 11.8 Å². The van der Waals surface area contributed by atoms with Gasteiger partial charge in [-0.1, -0.05) is 19.1 Å². The van der Waals surface area contributed by atoms with Crippen molar-refractivity contribution in [2.75, 3.05) is 24.6 Å². The number of rotatable bonds is 8. The van der Waals surface area contributed by atoms with E-state index in [-0.39, 0.29) is 12.5 Å². The molecule has 32 heavy (non-hydrogen) atoms. The monoisotopic (exact) mass is 437 g/mol. The summed E-state index contributed by atoms with van der Waals surface area (Å²) in [6.07, 6.45) is 3.39. The number of piperidine rings is 1. The number of carbonyl (C=O) groups excluding carboxylic acids is 3. The molecule has 1 fully saturated rings. The van der Waals surface area contributed by atoms with E-state index in [9.17, 15) is 14.4 Å². The standard InChI is InChI=1S/C25H31N3O4/c1-3-32-25(31)18-9-7-17(8-10-18)22(24(27)30)16(2)20-15-19(23(26)29)11-12-21(20)28-13-5-4-6-14-28/h7-12,15-16,22H,3-6,13-14H2,1-2H3,(H2,26,29)(H2,27,30). The summed E-state index contributed by atoms with van der Waals surface area (Å²) in [5.41, 5.74) is 14.8. The number of primary amides is 2. The Hall–Kier alpha value is -3.35. The third kappa shape index (κ3) is 5.10. The highest BCUT2D eigenvalue weighted by molar-refractivity contribution is 5.94. The second-order valence-electron chi connectivity index (χ2n) is 8.20. The zero-order chi connectivity index (χ0) is 23.3. The summed E-state index contributed by atoms with van der Waals surface area (Å²) in [6.45, 7) is 5.81. The van der Waals surface area contributed by atoms with Crippen LogP contribution in [0.2, 0.25) is 0 Å². The van der Waals surface area contributed by atoms with Crippen LogP contribution in [0.25, 0.3) is 0 Å². The van der Waals surface area contributed by atoms with Crippen molar-refractivity contribution in [1.82, 2.24) is 0 Å².